The molecule has 3 aliphatic rings. The zero-order valence-electron chi connectivity index (χ0n) is 18.5. The minimum absolute atomic E-state index is 0.0985. The molecule has 2 bridgehead atoms. The second-order valence-electron chi connectivity index (χ2n) is 9.05. The van der Waals surface area contributed by atoms with Crippen molar-refractivity contribution in [3.8, 4) is 0 Å². The van der Waals surface area contributed by atoms with Gasteiger partial charge in [-0.2, -0.15) is 0 Å². The Balaban J connectivity index is 1.55. The van der Waals surface area contributed by atoms with Crippen LogP contribution in [0.2, 0.25) is 0 Å². The third-order valence-corrected chi connectivity index (χ3v) is 6.39. The summed E-state index contributed by atoms with van der Waals surface area (Å²) in [6, 6.07) is 7.64. The maximum absolute atomic E-state index is 12.5. The van der Waals surface area contributed by atoms with Crippen LogP contribution in [0.5, 0.6) is 0 Å². The first-order valence-electron chi connectivity index (χ1n) is 10.8. The standard InChI is InChI=1S/C25H28O7/c1-15-4-6-17(7-5-15)8-9-21(27)30-14-18-22-19(26)12-16(2)25(29)11-10-24(3,32-25)13-20(22)31-23(18)28/h4-9,13,16,19,26,29H,10-12,14H2,1-3H3/b9-8+,20-13+/t16-,19+,24-,25-/m1/s1. The molecule has 1 saturated heterocycles. The molecular formula is C25H28O7. The molecule has 3 heterocycles. The van der Waals surface area contributed by atoms with Gasteiger partial charge >= 0.3 is 11.9 Å². The number of carbonyl (C=O) groups excluding carboxylic acids is 2. The number of ether oxygens (including phenoxy) is 3. The summed E-state index contributed by atoms with van der Waals surface area (Å²) in [5.74, 6) is -2.81. The summed E-state index contributed by atoms with van der Waals surface area (Å²) in [5.41, 5.74) is 1.52. The predicted octanol–water partition coefficient (Wildman–Crippen LogP) is 2.95. The summed E-state index contributed by atoms with van der Waals surface area (Å²) in [6.45, 7) is 5.26. The molecule has 3 aliphatic heterocycles. The summed E-state index contributed by atoms with van der Waals surface area (Å²) in [6.07, 6.45) is 4.61. The van der Waals surface area contributed by atoms with Gasteiger partial charge in [-0.15, -0.1) is 0 Å². The maximum Gasteiger partial charge on any atom is 0.343 e. The third kappa shape index (κ3) is 4.41. The molecule has 32 heavy (non-hydrogen) atoms. The van der Waals surface area contributed by atoms with E-state index in [1.165, 1.54) is 6.08 Å². The van der Waals surface area contributed by atoms with Crippen LogP contribution in [0.15, 0.2) is 53.3 Å². The minimum atomic E-state index is -1.36. The van der Waals surface area contributed by atoms with Gasteiger partial charge in [0, 0.05) is 24.0 Å². The molecule has 1 fully saturated rings. The molecule has 1 aromatic carbocycles. The Morgan fingerprint density at radius 3 is 2.72 bits per heavy atom. The first-order chi connectivity index (χ1) is 15.1. The highest BCUT2D eigenvalue weighted by atomic mass is 16.6. The number of rotatable bonds is 4. The van der Waals surface area contributed by atoms with Crippen molar-refractivity contribution < 1.29 is 34.0 Å². The largest absolute Gasteiger partial charge is 0.457 e. The highest BCUT2D eigenvalue weighted by Gasteiger charge is 2.51. The Morgan fingerprint density at radius 2 is 2.00 bits per heavy atom. The van der Waals surface area contributed by atoms with E-state index in [9.17, 15) is 19.8 Å². The number of aliphatic hydroxyl groups is 2. The molecule has 0 radical (unpaired) electrons. The van der Waals surface area contributed by atoms with Crippen molar-refractivity contribution in [3.05, 3.63) is 64.4 Å². The zero-order valence-corrected chi connectivity index (χ0v) is 18.5. The molecule has 4 rings (SSSR count). The molecule has 2 N–H and O–H groups in total. The van der Waals surface area contributed by atoms with Gasteiger partial charge in [0.05, 0.1) is 17.3 Å². The summed E-state index contributed by atoms with van der Waals surface area (Å²) < 4.78 is 16.6. The Labute approximate surface area is 187 Å². The van der Waals surface area contributed by atoms with Crippen LogP contribution in [0.4, 0.5) is 0 Å². The van der Waals surface area contributed by atoms with Crippen LogP contribution in [0.25, 0.3) is 6.08 Å². The lowest BCUT2D eigenvalue weighted by atomic mass is 9.86. The van der Waals surface area contributed by atoms with Gasteiger partial charge in [-0.3, -0.25) is 0 Å². The fraction of sp³-hybridized carbons (Fsp3) is 0.440. The summed E-state index contributed by atoms with van der Waals surface area (Å²) in [5, 5.41) is 21.7. The molecule has 1 aromatic rings. The Bertz CT molecular complexity index is 1020. The van der Waals surface area contributed by atoms with Gasteiger partial charge < -0.3 is 24.4 Å². The SMILES string of the molecule is Cc1ccc(/C=C/C(=O)OCC2=C3/C(=C\[C@@]4(C)CC[C@@](O)(O4)[C@H](C)C[C@@H]3O)OC2=O)cc1. The van der Waals surface area contributed by atoms with Crippen molar-refractivity contribution in [2.24, 2.45) is 5.92 Å². The van der Waals surface area contributed by atoms with Crippen LogP contribution in [0, 0.1) is 12.8 Å². The van der Waals surface area contributed by atoms with Crippen molar-refractivity contribution in [3.63, 3.8) is 0 Å². The number of carbonyl (C=O) groups is 2. The van der Waals surface area contributed by atoms with Crippen molar-refractivity contribution in [1.82, 2.24) is 0 Å². The minimum Gasteiger partial charge on any atom is -0.457 e. The monoisotopic (exact) mass is 440 g/mol. The van der Waals surface area contributed by atoms with Crippen molar-refractivity contribution in [2.75, 3.05) is 6.61 Å². The molecule has 7 nitrogen and oxygen atoms in total. The molecular weight excluding hydrogens is 412 g/mol. The highest BCUT2D eigenvalue weighted by Crippen LogP contribution is 2.47. The highest BCUT2D eigenvalue weighted by molar-refractivity contribution is 5.96. The molecule has 0 amide bonds. The average molecular weight is 440 g/mol. The van der Waals surface area contributed by atoms with Gasteiger partial charge in [0.25, 0.3) is 0 Å². The van der Waals surface area contributed by atoms with Crippen molar-refractivity contribution >= 4 is 18.0 Å². The van der Waals surface area contributed by atoms with Gasteiger partial charge in [-0.25, -0.2) is 9.59 Å². The lowest BCUT2D eigenvalue weighted by Crippen LogP contribution is -2.39. The van der Waals surface area contributed by atoms with E-state index in [0.29, 0.717) is 12.8 Å². The molecule has 4 atom stereocenters. The summed E-state index contributed by atoms with van der Waals surface area (Å²) in [4.78, 5) is 24.7. The van der Waals surface area contributed by atoms with Gasteiger partial charge in [-0.05, 0) is 44.4 Å². The second-order valence-corrected chi connectivity index (χ2v) is 9.05. The van der Waals surface area contributed by atoms with E-state index in [0.717, 1.165) is 11.1 Å². The first kappa shape index (κ1) is 22.5. The zero-order chi connectivity index (χ0) is 23.1. The van der Waals surface area contributed by atoms with E-state index in [2.05, 4.69) is 0 Å². The second kappa shape index (κ2) is 8.31. The van der Waals surface area contributed by atoms with Gasteiger partial charge in [0.15, 0.2) is 5.79 Å². The molecule has 0 spiro atoms. The van der Waals surface area contributed by atoms with Gasteiger partial charge in [-0.1, -0.05) is 36.8 Å². The number of hydrogen-bond acceptors (Lipinski definition) is 7. The summed E-state index contributed by atoms with van der Waals surface area (Å²) >= 11 is 0. The molecule has 7 heteroatoms. The number of fused-ring (bicyclic) bond motifs is 3. The predicted molar refractivity (Wildman–Crippen MR) is 116 cm³/mol. The van der Waals surface area contributed by atoms with Crippen molar-refractivity contribution in [2.45, 2.75) is 57.5 Å². The van der Waals surface area contributed by atoms with Crippen molar-refractivity contribution in [1.29, 1.82) is 0 Å². The number of esters is 2. The Kier molecular flexibility index (Phi) is 5.83. The maximum atomic E-state index is 12.5. The van der Waals surface area contributed by atoms with Crippen LogP contribution in [-0.4, -0.2) is 46.3 Å². The quantitative estimate of drug-likeness (QED) is 0.548. The Morgan fingerprint density at radius 1 is 1.28 bits per heavy atom. The third-order valence-electron chi connectivity index (χ3n) is 6.39. The molecule has 0 saturated carbocycles. The van der Waals surface area contributed by atoms with Gasteiger partial charge in [0.1, 0.15) is 12.4 Å². The van der Waals surface area contributed by atoms with Gasteiger partial charge in [0.2, 0.25) is 0 Å². The summed E-state index contributed by atoms with van der Waals surface area (Å²) in [7, 11) is 0. The molecule has 0 aliphatic carbocycles. The molecule has 0 aromatic heterocycles. The van der Waals surface area contributed by atoms with Crippen LogP contribution in [0.3, 0.4) is 0 Å². The van der Waals surface area contributed by atoms with Crippen LogP contribution in [-0.2, 0) is 23.8 Å². The van der Waals surface area contributed by atoms with E-state index >= 15 is 0 Å². The van der Waals surface area contributed by atoms with Crippen LogP contribution >= 0.6 is 0 Å². The molecule has 170 valence electrons. The normalized spacial score (nSPS) is 33.8. The van der Waals surface area contributed by atoms with E-state index in [-0.39, 0.29) is 35.9 Å². The average Bonchev–Trinajstić information content (AvgIpc) is 3.22. The van der Waals surface area contributed by atoms with E-state index in [1.54, 1.807) is 19.1 Å². The van der Waals surface area contributed by atoms with Crippen LogP contribution < -0.4 is 0 Å². The smallest absolute Gasteiger partial charge is 0.343 e. The first-order valence-corrected chi connectivity index (χ1v) is 10.8. The lowest BCUT2D eigenvalue weighted by Gasteiger charge is -2.32. The number of aryl methyl sites for hydroxylation is 1. The lowest BCUT2D eigenvalue weighted by molar-refractivity contribution is -0.238. The topological polar surface area (TPSA) is 102 Å². The number of benzene rings is 1. The fourth-order valence-corrected chi connectivity index (χ4v) is 4.41. The van der Waals surface area contributed by atoms with E-state index < -0.39 is 29.4 Å². The van der Waals surface area contributed by atoms with E-state index in [4.69, 9.17) is 14.2 Å². The fourth-order valence-electron chi connectivity index (χ4n) is 4.41. The van der Waals surface area contributed by atoms with E-state index in [1.807, 2.05) is 38.1 Å². The molecule has 0 unspecified atom stereocenters. The number of aliphatic hydroxyl groups excluding tert-OH is 1. The Hall–Kier alpha value is -2.74. The van der Waals surface area contributed by atoms with Crippen LogP contribution in [0.1, 0.15) is 44.2 Å². The number of hydrogen-bond donors (Lipinski definition) is 2.